The summed E-state index contributed by atoms with van der Waals surface area (Å²) in [5.41, 5.74) is 8.02. The van der Waals surface area contributed by atoms with E-state index in [1.807, 2.05) is 24.4 Å². The molecule has 0 amide bonds. The maximum Gasteiger partial charge on any atom is 0.194 e. The minimum Gasteiger partial charge on any atom is -0.497 e. The minimum absolute atomic E-state index is 0.514. The van der Waals surface area contributed by atoms with Crippen LogP contribution in [0.15, 0.2) is 36.7 Å². The number of ether oxygens (including phenoxy) is 1. The van der Waals surface area contributed by atoms with Gasteiger partial charge in [-0.05, 0) is 12.1 Å². The summed E-state index contributed by atoms with van der Waals surface area (Å²) in [5, 5.41) is 0. The van der Waals surface area contributed by atoms with Gasteiger partial charge in [-0.3, -0.25) is 4.40 Å². The van der Waals surface area contributed by atoms with Gasteiger partial charge in [-0.15, -0.1) is 0 Å². The van der Waals surface area contributed by atoms with E-state index < -0.39 is 0 Å². The average molecular weight is 259 g/mol. The molecule has 0 spiro atoms. The Morgan fingerprint density at radius 1 is 1.44 bits per heavy atom. The SMILES string of the molecule is COc1cccc(-c2c(CN)sc3nccn23)c1. The molecule has 3 aromatic rings. The second-order valence-electron chi connectivity index (χ2n) is 3.89. The summed E-state index contributed by atoms with van der Waals surface area (Å²) in [6, 6.07) is 7.99. The smallest absolute Gasteiger partial charge is 0.194 e. The third-order valence-electron chi connectivity index (χ3n) is 2.85. The summed E-state index contributed by atoms with van der Waals surface area (Å²) >= 11 is 1.62. The molecule has 2 N–H and O–H groups in total. The number of rotatable bonds is 3. The fourth-order valence-corrected chi connectivity index (χ4v) is 3.02. The maximum atomic E-state index is 5.82. The van der Waals surface area contributed by atoms with Gasteiger partial charge in [-0.1, -0.05) is 23.5 Å². The largest absolute Gasteiger partial charge is 0.497 e. The zero-order chi connectivity index (χ0) is 12.5. The van der Waals surface area contributed by atoms with Crippen molar-refractivity contribution in [2.75, 3.05) is 7.11 Å². The molecule has 18 heavy (non-hydrogen) atoms. The highest BCUT2D eigenvalue weighted by molar-refractivity contribution is 7.17. The third kappa shape index (κ3) is 1.68. The topological polar surface area (TPSA) is 52.5 Å². The Bertz CT molecular complexity index is 686. The highest BCUT2D eigenvalue weighted by atomic mass is 32.1. The van der Waals surface area contributed by atoms with Crippen molar-refractivity contribution >= 4 is 16.3 Å². The van der Waals surface area contributed by atoms with Crippen molar-refractivity contribution in [1.82, 2.24) is 9.38 Å². The molecule has 0 aliphatic heterocycles. The summed E-state index contributed by atoms with van der Waals surface area (Å²) in [6.45, 7) is 0.514. The van der Waals surface area contributed by atoms with Gasteiger partial charge in [-0.2, -0.15) is 0 Å². The molecule has 92 valence electrons. The molecule has 2 heterocycles. The first-order valence-corrected chi connectivity index (χ1v) is 6.44. The van der Waals surface area contributed by atoms with E-state index in [1.54, 1.807) is 24.6 Å². The number of hydrogen-bond donors (Lipinski definition) is 1. The molecule has 0 unspecified atom stereocenters. The Morgan fingerprint density at radius 3 is 3.11 bits per heavy atom. The normalized spacial score (nSPS) is 11.0. The zero-order valence-corrected chi connectivity index (χ0v) is 10.8. The number of benzene rings is 1. The highest BCUT2D eigenvalue weighted by Gasteiger charge is 2.13. The molecule has 0 bridgehead atoms. The molecule has 1 aromatic carbocycles. The van der Waals surface area contributed by atoms with Crippen LogP contribution in [-0.2, 0) is 6.54 Å². The van der Waals surface area contributed by atoms with Crippen molar-refractivity contribution in [3.8, 4) is 17.0 Å². The molecule has 0 fully saturated rings. The van der Waals surface area contributed by atoms with Crippen LogP contribution in [0.1, 0.15) is 4.88 Å². The van der Waals surface area contributed by atoms with Crippen molar-refractivity contribution < 1.29 is 4.74 Å². The summed E-state index contributed by atoms with van der Waals surface area (Å²) in [5.74, 6) is 0.843. The molecule has 2 aromatic heterocycles. The van der Waals surface area contributed by atoms with E-state index in [9.17, 15) is 0 Å². The second kappa shape index (κ2) is 4.44. The molecule has 0 saturated carbocycles. The van der Waals surface area contributed by atoms with Gasteiger partial charge in [0.2, 0.25) is 0 Å². The first-order chi connectivity index (χ1) is 8.83. The average Bonchev–Trinajstić information content (AvgIpc) is 2.98. The van der Waals surface area contributed by atoms with Crippen molar-refractivity contribution in [3.05, 3.63) is 41.5 Å². The van der Waals surface area contributed by atoms with Gasteiger partial charge in [0.1, 0.15) is 5.75 Å². The van der Waals surface area contributed by atoms with E-state index in [1.165, 1.54) is 0 Å². The molecule has 0 saturated heterocycles. The summed E-state index contributed by atoms with van der Waals surface area (Å²) in [7, 11) is 1.67. The van der Waals surface area contributed by atoms with Crippen LogP contribution in [-0.4, -0.2) is 16.5 Å². The predicted octanol–water partition coefficient (Wildman–Crippen LogP) is 2.53. The Labute approximate surface area is 109 Å². The van der Waals surface area contributed by atoms with Crippen LogP contribution in [0, 0.1) is 0 Å². The Balaban J connectivity index is 2.25. The van der Waals surface area contributed by atoms with Gasteiger partial charge in [0, 0.05) is 29.4 Å². The molecule has 3 rings (SSSR count). The van der Waals surface area contributed by atoms with Crippen molar-refractivity contribution in [2.45, 2.75) is 6.54 Å². The summed E-state index contributed by atoms with van der Waals surface area (Å²) < 4.78 is 7.34. The van der Waals surface area contributed by atoms with Crippen LogP contribution >= 0.6 is 11.3 Å². The first-order valence-electron chi connectivity index (χ1n) is 5.62. The van der Waals surface area contributed by atoms with Gasteiger partial charge in [0.05, 0.1) is 12.8 Å². The summed E-state index contributed by atoms with van der Waals surface area (Å²) in [6.07, 6.45) is 3.76. The monoisotopic (exact) mass is 259 g/mol. The zero-order valence-electron chi connectivity index (χ0n) is 9.96. The van der Waals surface area contributed by atoms with E-state index in [-0.39, 0.29) is 0 Å². The molecule has 4 nitrogen and oxygen atoms in total. The second-order valence-corrected chi connectivity index (χ2v) is 4.95. The van der Waals surface area contributed by atoms with Gasteiger partial charge in [-0.25, -0.2) is 4.98 Å². The molecule has 0 aliphatic rings. The fourth-order valence-electron chi connectivity index (χ4n) is 2.04. The van der Waals surface area contributed by atoms with E-state index in [4.69, 9.17) is 10.5 Å². The Kier molecular flexibility index (Phi) is 2.77. The summed E-state index contributed by atoms with van der Waals surface area (Å²) in [4.78, 5) is 6.41. The first kappa shape index (κ1) is 11.3. The minimum atomic E-state index is 0.514. The molecule has 0 atom stereocenters. The lowest BCUT2D eigenvalue weighted by molar-refractivity contribution is 0.415. The van der Waals surface area contributed by atoms with Crippen molar-refractivity contribution in [2.24, 2.45) is 5.73 Å². The van der Waals surface area contributed by atoms with Crippen LogP contribution < -0.4 is 10.5 Å². The molecular weight excluding hydrogens is 246 g/mol. The van der Waals surface area contributed by atoms with Crippen molar-refractivity contribution in [1.29, 1.82) is 0 Å². The lowest BCUT2D eigenvalue weighted by Crippen LogP contribution is -1.97. The lowest BCUT2D eigenvalue weighted by atomic mass is 10.1. The number of hydrogen-bond acceptors (Lipinski definition) is 4. The number of aromatic nitrogens is 2. The van der Waals surface area contributed by atoms with Crippen LogP contribution in [0.25, 0.3) is 16.2 Å². The number of imidazole rings is 1. The van der Waals surface area contributed by atoms with Gasteiger partial charge >= 0.3 is 0 Å². The number of thiazole rings is 1. The van der Waals surface area contributed by atoms with Crippen LogP contribution in [0.4, 0.5) is 0 Å². The van der Waals surface area contributed by atoms with Crippen LogP contribution in [0.3, 0.4) is 0 Å². The molecule has 5 heteroatoms. The molecule has 0 radical (unpaired) electrons. The predicted molar refractivity (Wildman–Crippen MR) is 72.9 cm³/mol. The standard InChI is InChI=1S/C13H13N3OS/c1-17-10-4-2-3-9(7-10)12-11(8-14)18-13-15-5-6-16(12)13/h2-7H,8,14H2,1H3. The van der Waals surface area contributed by atoms with Gasteiger partial charge < -0.3 is 10.5 Å². The van der Waals surface area contributed by atoms with E-state index in [0.29, 0.717) is 6.54 Å². The number of nitrogens with two attached hydrogens (primary N) is 1. The van der Waals surface area contributed by atoms with Gasteiger partial charge in [0.15, 0.2) is 4.96 Å². The van der Waals surface area contributed by atoms with E-state index in [0.717, 1.165) is 26.8 Å². The number of fused-ring (bicyclic) bond motifs is 1. The van der Waals surface area contributed by atoms with E-state index >= 15 is 0 Å². The third-order valence-corrected chi connectivity index (χ3v) is 3.95. The van der Waals surface area contributed by atoms with E-state index in [2.05, 4.69) is 15.5 Å². The maximum absolute atomic E-state index is 5.82. The number of methoxy groups -OCH3 is 1. The van der Waals surface area contributed by atoms with Crippen LogP contribution in [0.5, 0.6) is 5.75 Å². The van der Waals surface area contributed by atoms with Gasteiger partial charge in [0.25, 0.3) is 0 Å². The number of nitrogens with zero attached hydrogens (tertiary/aromatic N) is 2. The highest BCUT2D eigenvalue weighted by Crippen LogP contribution is 2.32. The lowest BCUT2D eigenvalue weighted by Gasteiger charge is -2.05. The van der Waals surface area contributed by atoms with Crippen LogP contribution in [0.2, 0.25) is 0 Å². The Morgan fingerprint density at radius 2 is 2.33 bits per heavy atom. The fraction of sp³-hybridized carbons (Fsp3) is 0.154. The van der Waals surface area contributed by atoms with Crippen molar-refractivity contribution in [3.63, 3.8) is 0 Å². The molecule has 0 aliphatic carbocycles. The Hall–Kier alpha value is -1.85. The molecular formula is C13H13N3OS. The quantitative estimate of drug-likeness (QED) is 0.786.